The molecule has 0 aliphatic heterocycles. The number of nitrogens with zero attached hydrogens (tertiary/aromatic N) is 2. The molecular formula is C30H26N2O3. The van der Waals surface area contributed by atoms with Gasteiger partial charge in [0.2, 0.25) is 0 Å². The fourth-order valence-electron chi connectivity index (χ4n) is 4.38. The smallest absolute Gasteiger partial charge is 0.449 e. The molecule has 5 aromatic rings. The SMILES string of the molecule is Cc1cc2nc(Cc3ccccc3)n(Cc3ccc(-c4ccccc4OC(=O)O)cc3)c2cc1C. The first-order valence-electron chi connectivity index (χ1n) is 11.6. The number of hydrogen-bond acceptors (Lipinski definition) is 3. The lowest BCUT2D eigenvalue weighted by atomic mass is 10.0. The number of fused-ring (bicyclic) bond motifs is 1. The summed E-state index contributed by atoms with van der Waals surface area (Å²) in [6.45, 7) is 4.94. The highest BCUT2D eigenvalue weighted by Crippen LogP contribution is 2.31. The molecule has 35 heavy (non-hydrogen) atoms. The molecule has 0 aliphatic rings. The van der Waals surface area contributed by atoms with Crippen molar-refractivity contribution in [1.29, 1.82) is 0 Å². The Bertz CT molecular complexity index is 1500. The molecule has 5 heteroatoms. The maximum atomic E-state index is 11.1. The first-order valence-corrected chi connectivity index (χ1v) is 11.6. The number of carbonyl (C=O) groups is 1. The summed E-state index contributed by atoms with van der Waals surface area (Å²) in [5.74, 6) is 1.35. The molecule has 174 valence electrons. The van der Waals surface area contributed by atoms with E-state index in [1.807, 2.05) is 30.3 Å². The summed E-state index contributed by atoms with van der Waals surface area (Å²) in [6, 6.07) is 30.1. The van der Waals surface area contributed by atoms with E-state index in [0.29, 0.717) is 12.3 Å². The van der Waals surface area contributed by atoms with Crippen molar-refractivity contribution in [1.82, 2.24) is 9.55 Å². The molecule has 0 bridgehead atoms. The maximum absolute atomic E-state index is 11.1. The number of hydrogen-bond donors (Lipinski definition) is 1. The summed E-state index contributed by atoms with van der Waals surface area (Å²) in [6.07, 6.45) is -0.566. The number of benzene rings is 4. The average molecular weight is 463 g/mol. The molecule has 0 radical (unpaired) electrons. The van der Waals surface area contributed by atoms with Gasteiger partial charge < -0.3 is 14.4 Å². The summed E-state index contributed by atoms with van der Waals surface area (Å²) in [5.41, 5.74) is 8.62. The molecule has 5 rings (SSSR count). The van der Waals surface area contributed by atoms with E-state index >= 15 is 0 Å². The van der Waals surface area contributed by atoms with E-state index in [2.05, 4.69) is 66.9 Å². The van der Waals surface area contributed by atoms with Gasteiger partial charge in [0.05, 0.1) is 11.0 Å². The second-order valence-electron chi connectivity index (χ2n) is 8.76. The van der Waals surface area contributed by atoms with E-state index in [9.17, 15) is 4.79 Å². The first kappa shape index (κ1) is 22.4. The van der Waals surface area contributed by atoms with Gasteiger partial charge in [-0.1, -0.05) is 72.8 Å². The predicted octanol–water partition coefficient (Wildman–Crippen LogP) is 7.02. The molecule has 0 fully saturated rings. The fraction of sp³-hybridized carbons (Fsp3) is 0.133. The van der Waals surface area contributed by atoms with Gasteiger partial charge in [-0.05, 0) is 59.9 Å². The Morgan fingerprint density at radius 3 is 2.29 bits per heavy atom. The average Bonchev–Trinajstić information content (AvgIpc) is 3.16. The fourth-order valence-corrected chi connectivity index (χ4v) is 4.38. The minimum Gasteiger partial charge on any atom is -0.449 e. The Morgan fingerprint density at radius 2 is 1.54 bits per heavy atom. The number of ether oxygens (including phenoxy) is 1. The molecule has 1 N–H and O–H groups in total. The zero-order chi connectivity index (χ0) is 24.4. The van der Waals surface area contributed by atoms with Crippen molar-refractivity contribution in [2.45, 2.75) is 26.8 Å². The van der Waals surface area contributed by atoms with Crippen molar-refractivity contribution in [3.05, 3.63) is 119 Å². The summed E-state index contributed by atoms with van der Waals surface area (Å²) in [7, 11) is 0. The standard InChI is InChI=1S/C30H26N2O3/c1-20-16-26-27(17-21(20)2)32(29(31-26)18-22-8-4-3-5-9-22)19-23-12-14-24(15-13-23)25-10-6-7-11-28(25)35-30(33)34/h3-17H,18-19H2,1-2H3,(H,33,34). The van der Waals surface area contributed by atoms with Crippen LogP contribution in [0.25, 0.3) is 22.2 Å². The van der Waals surface area contributed by atoms with Gasteiger partial charge in [-0.2, -0.15) is 0 Å². The van der Waals surface area contributed by atoms with Crippen LogP contribution in [-0.2, 0) is 13.0 Å². The molecule has 4 aromatic carbocycles. The topological polar surface area (TPSA) is 64.4 Å². The van der Waals surface area contributed by atoms with E-state index in [4.69, 9.17) is 14.8 Å². The van der Waals surface area contributed by atoms with Crippen LogP contribution in [0.3, 0.4) is 0 Å². The molecule has 5 nitrogen and oxygen atoms in total. The number of carboxylic acid groups (broad SMARTS) is 1. The third-order valence-corrected chi connectivity index (χ3v) is 6.34. The van der Waals surface area contributed by atoms with Gasteiger partial charge in [0.15, 0.2) is 0 Å². The maximum Gasteiger partial charge on any atom is 0.511 e. The molecule has 0 atom stereocenters. The summed E-state index contributed by atoms with van der Waals surface area (Å²) < 4.78 is 7.26. The molecule has 0 aliphatic carbocycles. The van der Waals surface area contributed by atoms with Crippen molar-refractivity contribution in [3.63, 3.8) is 0 Å². The molecular weight excluding hydrogens is 436 g/mol. The Balaban J connectivity index is 1.50. The summed E-state index contributed by atoms with van der Waals surface area (Å²) >= 11 is 0. The van der Waals surface area contributed by atoms with Crippen LogP contribution < -0.4 is 4.74 Å². The highest BCUT2D eigenvalue weighted by Gasteiger charge is 2.14. The van der Waals surface area contributed by atoms with Gasteiger partial charge in [-0.25, -0.2) is 9.78 Å². The second kappa shape index (κ2) is 9.47. The lowest BCUT2D eigenvalue weighted by Crippen LogP contribution is -2.06. The van der Waals surface area contributed by atoms with E-state index in [1.165, 1.54) is 16.7 Å². The number of rotatable bonds is 6. The molecule has 0 unspecified atom stereocenters. The summed E-state index contributed by atoms with van der Waals surface area (Å²) in [5, 5.41) is 9.05. The van der Waals surface area contributed by atoms with Crippen molar-refractivity contribution in [3.8, 4) is 16.9 Å². The van der Waals surface area contributed by atoms with Gasteiger partial charge in [-0.15, -0.1) is 0 Å². The highest BCUT2D eigenvalue weighted by molar-refractivity contribution is 5.78. The van der Waals surface area contributed by atoms with Gasteiger partial charge in [-0.3, -0.25) is 0 Å². The van der Waals surface area contributed by atoms with Crippen LogP contribution in [0.4, 0.5) is 4.79 Å². The number of aromatic nitrogens is 2. The normalized spacial score (nSPS) is 11.0. The van der Waals surface area contributed by atoms with Crippen molar-refractivity contribution in [2.24, 2.45) is 0 Å². The number of para-hydroxylation sites is 1. The van der Waals surface area contributed by atoms with Gasteiger partial charge >= 0.3 is 6.16 Å². The minimum absolute atomic E-state index is 0.323. The van der Waals surface area contributed by atoms with Crippen LogP contribution in [0.1, 0.15) is 28.1 Å². The first-order chi connectivity index (χ1) is 17.0. The van der Waals surface area contributed by atoms with Crippen LogP contribution in [0.5, 0.6) is 5.75 Å². The van der Waals surface area contributed by atoms with Gasteiger partial charge in [0.1, 0.15) is 11.6 Å². The quantitative estimate of drug-likeness (QED) is 0.218. The minimum atomic E-state index is -1.32. The van der Waals surface area contributed by atoms with E-state index in [-0.39, 0.29) is 0 Å². The Morgan fingerprint density at radius 1 is 0.857 bits per heavy atom. The van der Waals surface area contributed by atoms with Crippen LogP contribution in [-0.4, -0.2) is 20.8 Å². The van der Waals surface area contributed by atoms with Crippen LogP contribution in [0.15, 0.2) is 91.0 Å². The zero-order valence-electron chi connectivity index (χ0n) is 19.7. The Hall–Kier alpha value is -4.38. The molecule has 0 saturated carbocycles. The van der Waals surface area contributed by atoms with Crippen LogP contribution >= 0.6 is 0 Å². The molecule has 0 saturated heterocycles. The molecule has 0 amide bonds. The van der Waals surface area contributed by atoms with Crippen LogP contribution in [0.2, 0.25) is 0 Å². The van der Waals surface area contributed by atoms with Crippen LogP contribution in [0, 0.1) is 13.8 Å². The Kier molecular flexibility index (Phi) is 6.06. The lowest BCUT2D eigenvalue weighted by Gasteiger charge is -2.12. The monoisotopic (exact) mass is 462 g/mol. The van der Waals surface area contributed by atoms with E-state index in [0.717, 1.165) is 40.0 Å². The van der Waals surface area contributed by atoms with Gasteiger partial charge in [0, 0.05) is 18.5 Å². The largest absolute Gasteiger partial charge is 0.511 e. The Labute approximate surface area is 204 Å². The molecule has 1 heterocycles. The zero-order valence-corrected chi connectivity index (χ0v) is 19.7. The van der Waals surface area contributed by atoms with E-state index < -0.39 is 6.16 Å². The van der Waals surface area contributed by atoms with Gasteiger partial charge in [0.25, 0.3) is 0 Å². The van der Waals surface area contributed by atoms with Crippen molar-refractivity contribution >= 4 is 17.2 Å². The number of imidazole rings is 1. The number of aryl methyl sites for hydroxylation is 2. The van der Waals surface area contributed by atoms with E-state index in [1.54, 1.807) is 12.1 Å². The lowest BCUT2D eigenvalue weighted by molar-refractivity contribution is 0.144. The third-order valence-electron chi connectivity index (χ3n) is 6.34. The van der Waals surface area contributed by atoms with Crippen molar-refractivity contribution in [2.75, 3.05) is 0 Å². The third kappa shape index (κ3) is 4.80. The van der Waals surface area contributed by atoms with Crippen molar-refractivity contribution < 1.29 is 14.6 Å². The predicted molar refractivity (Wildman–Crippen MR) is 138 cm³/mol. The molecule has 1 aromatic heterocycles. The summed E-state index contributed by atoms with van der Waals surface area (Å²) in [4.78, 5) is 16.1. The second-order valence-corrected chi connectivity index (χ2v) is 8.76. The highest BCUT2D eigenvalue weighted by atomic mass is 16.7. The molecule has 0 spiro atoms.